The second-order valence-corrected chi connectivity index (χ2v) is 8.76. The third-order valence-corrected chi connectivity index (χ3v) is 6.35. The number of anilines is 1. The second-order valence-electron chi connectivity index (χ2n) is 6.19. The molecule has 3 rings (SSSR count). The molecule has 0 unspecified atom stereocenters. The van der Waals surface area contributed by atoms with Crippen molar-refractivity contribution in [1.29, 1.82) is 0 Å². The van der Waals surface area contributed by atoms with Gasteiger partial charge in [0.15, 0.2) is 5.13 Å². The van der Waals surface area contributed by atoms with Crippen LogP contribution in [0.3, 0.4) is 0 Å². The van der Waals surface area contributed by atoms with Crippen LogP contribution in [0.2, 0.25) is 0 Å². The highest BCUT2D eigenvalue weighted by Crippen LogP contribution is 2.22. The van der Waals surface area contributed by atoms with Gasteiger partial charge in [-0.2, -0.15) is 4.39 Å². The lowest BCUT2D eigenvalue weighted by molar-refractivity contribution is 0.301. The highest BCUT2D eigenvalue weighted by atomic mass is 32.2. The van der Waals surface area contributed by atoms with Gasteiger partial charge >= 0.3 is 0 Å². The molecule has 0 spiro atoms. The fraction of sp³-hybridized carbons (Fsp3) is 0.278. The van der Waals surface area contributed by atoms with Crippen LogP contribution in [0.25, 0.3) is 10.8 Å². The Balaban J connectivity index is 1.75. The molecule has 27 heavy (non-hydrogen) atoms. The first-order chi connectivity index (χ1) is 12.9. The summed E-state index contributed by atoms with van der Waals surface area (Å²) < 4.78 is 41.4. The number of fused-ring (bicyclic) bond motifs is 1. The van der Waals surface area contributed by atoms with E-state index in [1.54, 1.807) is 53.9 Å². The van der Waals surface area contributed by atoms with Gasteiger partial charge in [-0.3, -0.25) is 4.98 Å². The van der Waals surface area contributed by atoms with E-state index in [0.29, 0.717) is 12.2 Å². The van der Waals surface area contributed by atoms with E-state index in [1.807, 2.05) is 0 Å². The fourth-order valence-corrected chi connectivity index (χ4v) is 4.75. The van der Waals surface area contributed by atoms with Gasteiger partial charge in [0.25, 0.3) is 0 Å². The summed E-state index contributed by atoms with van der Waals surface area (Å²) in [5.74, 6) is 0. The molecular formula is C18H20FN3O3S2. The number of thiophene rings is 1. The molecule has 0 radical (unpaired) electrons. The maximum absolute atomic E-state index is 13.3. The van der Waals surface area contributed by atoms with Gasteiger partial charge in [0.2, 0.25) is 10.0 Å². The van der Waals surface area contributed by atoms with Crippen molar-refractivity contribution in [2.24, 2.45) is 0 Å². The van der Waals surface area contributed by atoms with Crippen molar-refractivity contribution in [2.75, 3.05) is 24.6 Å². The van der Waals surface area contributed by atoms with Crippen LogP contribution in [0.1, 0.15) is 6.92 Å². The smallest absolute Gasteiger partial charge is 0.240 e. The minimum absolute atomic E-state index is 0.115. The number of halogens is 1. The molecule has 144 valence electrons. The Hall–Kier alpha value is -2.07. The largest absolute Gasteiger partial charge is 0.395 e. The monoisotopic (exact) mass is 409 g/mol. The zero-order valence-corrected chi connectivity index (χ0v) is 16.3. The van der Waals surface area contributed by atoms with Crippen LogP contribution >= 0.6 is 11.3 Å². The molecule has 0 aliphatic rings. The number of hydrogen-bond acceptors (Lipinski definition) is 6. The zero-order valence-electron chi connectivity index (χ0n) is 14.7. The first-order valence-electron chi connectivity index (χ1n) is 8.35. The maximum Gasteiger partial charge on any atom is 0.240 e. The average Bonchev–Trinajstić information content (AvgIpc) is 3.07. The standard InChI is InChI=1S/C18H20FN3O3S2/c1-13(11-22(6-7-23)16-9-18(19)26-12-16)21-27(24,25)17-3-2-15-10-20-5-4-14(15)8-17/h2-5,8-10,12-13,21,23H,6-7,11H2,1H3/t13-/m1/s1. The molecule has 9 heteroatoms. The van der Waals surface area contributed by atoms with Gasteiger partial charge < -0.3 is 10.0 Å². The van der Waals surface area contributed by atoms with Gasteiger partial charge in [-0.05, 0) is 30.5 Å². The SMILES string of the molecule is C[C@H](CN(CCO)c1csc(F)c1)NS(=O)(=O)c1ccc2cnccc2c1. The Morgan fingerprint density at radius 3 is 2.81 bits per heavy atom. The van der Waals surface area contributed by atoms with E-state index in [-0.39, 0.29) is 23.2 Å². The Kier molecular flexibility index (Phi) is 6.05. The number of pyridine rings is 1. The van der Waals surface area contributed by atoms with E-state index in [4.69, 9.17) is 0 Å². The van der Waals surface area contributed by atoms with Crippen LogP contribution in [0.5, 0.6) is 0 Å². The van der Waals surface area contributed by atoms with E-state index in [9.17, 15) is 17.9 Å². The highest BCUT2D eigenvalue weighted by Gasteiger charge is 2.20. The van der Waals surface area contributed by atoms with Crippen LogP contribution in [-0.4, -0.2) is 44.2 Å². The van der Waals surface area contributed by atoms with Crippen LogP contribution < -0.4 is 9.62 Å². The molecule has 0 amide bonds. The number of aliphatic hydroxyl groups excluding tert-OH is 1. The van der Waals surface area contributed by atoms with Crippen LogP contribution in [0.4, 0.5) is 10.1 Å². The Morgan fingerprint density at radius 2 is 2.11 bits per heavy atom. The lowest BCUT2D eigenvalue weighted by Gasteiger charge is -2.26. The molecule has 2 aromatic heterocycles. The highest BCUT2D eigenvalue weighted by molar-refractivity contribution is 7.89. The Bertz CT molecular complexity index is 1020. The van der Waals surface area contributed by atoms with Gasteiger partial charge in [-0.1, -0.05) is 6.07 Å². The summed E-state index contributed by atoms with van der Waals surface area (Å²) in [6.07, 6.45) is 3.29. The van der Waals surface area contributed by atoms with E-state index < -0.39 is 16.1 Å². The summed E-state index contributed by atoms with van der Waals surface area (Å²) in [5.41, 5.74) is 0.621. The van der Waals surface area contributed by atoms with Crippen LogP contribution in [-0.2, 0) is 10.0 Å². The van der Waals surface area contributed by atoms with Gasteiger partial charge in [-0.25, -0.2) is 13.1 Å². The first kappa shape index (κ1) is 19.7. The number of aromatic nitrogens is 1. The van der Waals surface area contributed by atoms with Gasteiger partial charge in [0.1, 0.15) is 0 Å². The molecule has 2 N–H and O–H groups in total. The van der Waals surface area contributed by atoms with Gasteiger partial charge in [0, 0.05) is 48.4 Å². The van der Waals surface area contributed by atoms with Crippen LogP contribution in [0, 0.1) is 5.13 Å². The predicted octanol–water partition coefficient (Wildman–Crippen LogP) is 2.60. The van der Waals surface area contributed by atoms with Crippen molar-refractivity contribution in [2.45, 2.75) is 17.9 Å². The molecule has 0 fully saturated rings. The number of hydrogen-bond donors (Lipinski definition) is 2. The molecule has 0 saturated carbocycles. The predicted molar refractivity (Wildman–Crippen MR) is 105 cm³/mol. The minimum Gasteiger partial charge on any atom is -0.395 e. The molecule has 0 aliphatic heterocycles. The number of sulfonamides is 1. The van der Waals surface area contributed by atoms with Crippen molar-refractivity contribution in [3.8, 4) is 0 Å². The van der Waals surface area contributed by atoms with Crippen LogP contribution in [0.15, 0.2) is 53.0 Å². The zero-order chi connectivity index (χ0) is 19.4. The van der Waals surface area contributed by atoms with Gasteiger partial charge in [0.05, 0.1) is 17.2 Å². The molecule has 0 bridgehead atoms. The Morgan fingerprint density at radius 1 is 1.30 bits per heavy atom. The number of nitrogens with zero attached hydrogens (tertiary/aromatic N) is 2. The number of rotatable bonds is 8. The molecule has 2 heterocycles. The number of nitrogens with one attached hydrogen (secondary N) is 1. The first-order valence-corrected chi connectivity index (χ1v) is 10.7. The van der Waals surface area contributed by atoms with E-state index in [1.165, 1.54) is 6.07 Å². The molecule has 0 aliphatic carbocycles. The molecular weight excluding hydrogens is 389 g/mol. The fourth-order valence-electron chi connectivity index (χ4n) is 2.84. The van der Waals surface area contributed by atoms with Crippen molar-refractivity contribution in [1.82, 2.24) is 9.71 Å². The minimum atomic E-state index is -3.72. The third kappa shape index (κ3) is 4.81. The molecule has 1 atom stereocenters. The van der Waals surface area contributed by atoms with Gasteiger partial charge in [-0.15, -0.1) is 11.3 Å². The summed E-state index contributed by atoms with van der Waals surface area (Å²) in [6.45, 7) is 2.20. The lowest BCUT2D eigenvalue weighted by Crippen LogP contribution is -2.42. The summed E-state index contributed by atoms with van der Waals surface area (Å²) in [5, 5.41) is 12.2. The molecule has 0 saturated heterocycles. The van der Waals surface area contributed by atoms with E-state index in [0.717, 1.165) is 22.1 Å². The Labute approximate surface area is 161 Å². The molecule has 6 nitrogen and oxygen atoms in total. The summed E-state index contributed by atoms with van der Waals surface area (Å²) in [6, 6.07) is 7.54. The number of benzene rings is 1. The second kappa shape index (κ2) is 8.30. The topological polar surface area (TPSA) is 82.5 Å². The van der Waals surface area contributed by atoms with E-state index >= 15 is 0 Å². The number of aliphatic hydroxyl groups is 1. The quantitative estimate of drug-likeness (QED) is 0.598. The van der Waals surface area contributed by atoms with Crippen molar-refractivity contribution >= 4 is 37.8 Å². The van der Waals surface area contributed by atoms with E-state index in [2.05, 4.69) is 9.71 Å². The van der Waals surface area contributed by atoms with Crippen molar-refractivity contribution in [3.63, 3.8) is 0 Å². The normalized spacial score (nSPS) is 13.0. The average molecular weight is 410 g/mol. The van der Waals surface area contributed by atoms with Crippen molar-refractivity contribution in [3.05, 3.63) is 53.2 Å². The molecule has 3 aromatic rings. The molecule has 1 aromatic carbocycles. The summed E-state index contributed by atoms with van der Waals surface area (Å²) in [7, 11) is -3.72. The summed E-state index contributed by atoms with van der Waals surface area (Å²) >= 11 is 0.963. The maximum atomic E-state index is 13.3. The third-order valence-electron chi connectivity index (χ3n) is 4.06. The lowest BCUT2D eigenvalue weighted by atomic mass is 10.2. The van der Waals surface area contributed by atoms with Crippen molar-refractivity contribution < 1.29 is 17.9 Å². The summed E-state index contributed by atoms with van der Waals surface area (Å²) in [4.78, 5) is 5.94.